The fraction of sp³-hybridized carbons (Fsp3) is 0.308. The Labute approximate surface area is 173 Å². The maximum atomic E-state index is 9.65. The molecule has 0 atom stereocenters. The van der Waals surface area contributed by atoms with Gasteiger partial charge in [0.15, 0.2) is 0 Å². The monoisotopic (exact) mass is 390 g/mol. The molecule has 0 saturated heterocycles. The van der Waals surface area contributed by atoms with Crippen LogP contribution in [0.15, 0.2) is 91.0 Å². The summed E-state index contributed by atoms with van der Waals surface area (Å²) in [4.78, 5) is 0. The molecular formula is C26H30O3. The Morgan fingerprint density at radius 3 is 1.34 bits per heavy atom. The minimum absolute atomic E-state index is 0.207. The first kappa shape index (κ1) is 21.3. The maximum absolute atomic E-state index is 9.65. The number of ether oxygens (including phenoxy) is 1. The zero-order valence-corrected chi connectivity index (χ0v) is 17.0. The molecule has 2 N–H and O–H groups in total. The molecule has 3 nitrogen and oxygen atoms in total. The molecule has 0 spiro atoms. The summed E-state index contributed by atoms with van der Waals surface area (Å²) in [6.45, 7) is 0. The van der Waals surface area contributed by atoms with Crippen LogP contribution in [-0.2, 0) is 10.2 Å². The lowest BCUT2D eigenvalue weighted by atomic mass is 9.66. The van der Waals surface area contributed by atoms with E-state index in [4.69, 9.17) is 4.74 Å². The van der Waals surface area contributed by atoms with Gasteiger partial charge in [0.2, 0.25) is 0 Å². The number of benzene rings is 3. The molecule has 3 aromatic rings. The first-order valence-corrected chi connectivity index (χ1v) is 10.2. The molecule has 0 aliphatic heterocycles. The number of methoxy groups -OCH3 is 1. The zero-order chi connectivity index (χ0) is 20.6. The van der Waals surface area contributed by atoms with Crippen LogP contribution in [-0.4, -0.2) is 23.3 Å². The van der Waals surface area contributed by atoms with E-state index in [0.29, 0.717) is 6.42 Å². The van der Waals surface area contributed by atoms with Gasteiger partial charge in [-0.2, -0.15) is 0 Å². The molecular weight excluding hydrogens is 360 g/mol. The van der Waals surface area contributed by atoms with Crippen LogP contribution < -0.4 is 0 Å². The Bertz CT molecular complexity index is 748. The Morgan fingerprint density at radius 1 is 0.586 bits per heavy atom. The van der Waals surface area contributed by atoms with E-state index < -0.39 is 5.97 Å². The Morgan fingerprint density at radius 2 is 0.966 bits per heavy atom. The standard InChI is InChI=1S/C26H30O3/c1-29-26(27,28)21-13-5-12-20-25(22-14-6-2-7-15-22,23-16-8-3-9-17-23)24-18-10-4-11-19-24/h2-4,6-11,14-19,27-28H,5,12-13,20-21H2,1H3. The molecule has 0 fully saturated rings. The highest BCUT2D eigenvalue weighted by molar-refractivity contribution is 5.50. The van der Waals surface area contributed by atoms with Gasteiger partial charge < -0.3 is 14.9 Å². The molecule has 3 rings (SSSR count). The van der Waals surface area contributed by atoms with Crippen molar-refractivity contribution in [3.05, 3.63) is 108 Å². The molecule has 3 aromatic carbocycles. The second kappa shape index (κ2) is 9.84. The molecule has 0 bridgehead atoms. The fourth-order valence-corrected chi connectivity index (χ4v) is 4.13. The van der Waals surface area contributed by atoms with Crippen LogP contribution in [0.1, 0.15) is 48.8 Å². The van der Waals surface area contributed by atoms with Crippen molar-refractivity contribution in [3.63, 3.8) is 0 Å². The van der Waals surface area contributed by atoms with E-state index in [9.17, 15) is 10.2 Å². The maximum Gasteiger partial charge on any atom is 0.277 e. The summed E-state index contributed by atoms with van der Waals surface area (Å²) in [5, 5.41) is 19.3. The quantitative estimate of drug-likeness (QED) is 0.282. The highest BCUT2D eigenvalue weighted by Crippen LogP contribution is 2.43. The number of unbranched alkanes of at least 4 members (excludes halogenated alkanes) is 2. The lowest BCUT2D eigenvalue weighted by Crippen LogP contribution is -2.30. The van der Waals surface area contributed by atoms with Gasteiger partial charge in [-0.15, -0.1) is 0 Å². The zero-order valence-electron chi connectivity index (χ0n) is 17.0. The van der Waals surface area contributed by atoms with Gasteiger partial charge in [-0.25, -0.2) is 0 Å². The van der Waals surface area contributed by atoms with E-state index in [0.717, 1.165) is 19.3 Å². The van der Waals surface area contributed by atoms with Crippen LogP contribution in [0.4, 0.5) is 0 Å². The van der Waals surface area contributed by atoms with E-state index in [1.807, 2.05) is 0 Å². The van der Waals surface area contributed by atoms with Crippen molar-refractivity contribution in [1.82, 2.24) is 0 Å². The molecule has 0 amide bonds. The second-order valence-corrected chi connectivity index (χ2v) is 7.51. The van der Waals surface area contributed by atoms with Crippen molar-refractivity contribution in [1.29, 1.82) is 0 Å². The van der Waals surface area contributed by atoms with Crippen LogP contribution in [0.3, 0.4) is 0 Å². The molecule has 0 saturated carbocycles. The van der Waals surface area contributed by atoms with Crippen LogP contribution in [0.25, 0.3) is 0 Å². The summed E-state index contributed by atoms with van der Waals surface area (Å²) >= 11 is 0. The Hall–Kier alpha value is -2.46. The summed E-state index contributed by atoms with van der Waals surface area (Å²) in [7, 11) is 1.31. The molecule has 0 aliphatic carbocycles. The molecule has 0 radical (unpaired) electrons. The minimum Gasteiger partial charge on any atom is -0.343 e. The average Bonchev–Trinajstić information content (AvgIpc) is 2.78. The Kier molecular flexibility index (Phi) is 7.21. The van der Waals surface area contributed by atoms with Crippen LogP contribution in [0, 0.1) is 0 Å². The third kappa shape index (κ3) is 5.13. The van der Waals surface area contributed by atoms with Gasteiger partial charge in [-0.3, -0.25) is 0 Å². The van der Waals surface area contributed by atoms with Crippen LogP contribution in [0.2, 0.25) is 0 Å². The van der Waals surface area contributed by atoms with Crippen molar-refractivity contribution in [2.24, 2.45) is 0 Å². The van der Waals surface area contributed by atoms with E-state index in [1.165, 1.54) is 23.8 Å². The van der Waals surface area contributed by atoms with Crippen molar-refractivity contribution >= 4 is 0 Å². The number of hydrogen-bond acceptors (Lipinski definition) is 3. The first-order valence-electron chi connectivity index (χ1n) is 10.2. The summed E-state index contributed by atoms with van der Waals surface area (Å²) in [5.74, 6) is -2.03. The van der Waals surface area contributed by atoms with Crippen molar-refractivity contribution in [2.75, 3.05) is 7.11 Å². The number of hydrogen-bond donors (Lipinski definition) is 2. The molecule has 29 heavy (non-hydrogen) atoms. The molecule has 152 valence electrons. The van der Waals surface area contributed by atoms with Crippen molar-refractivity contribution < 1.29 is 14.9 Å². The van der Waals surface area contributed by atoms with Crippen LogP contribution in [0.5, 0.6) is 0 Å². The topological polar surface area (TPSA) is 49.7 Å². The smallest absolute Gasteiger partial charge is 0.277 e. The molecule has 0 aliphatic rings. The van der Waals surface area contributed by atoms with Gasteiger partial charge in [0.05, 0.1) is 0 Å². The van der Waals surface area contributed by atoms with Gasteiger partial charge in [0.1, 0.15) is 0 Å². The third-order valence-electron chi connectivity index (χ3n) is 5.68. The second-order valence-electron chi connectivity index (χ2n) is 7.51. The number of aliphatic hydroxyl groups is 2. The minimum atomic E-state index is -2.03. The van der Waals surface area contributed by atoms with Gasteiger partial charge >= 0.3 is 0 Å². The van der Waals surface area contributed by atoms with E-state index >= 15 is 0 Å². The summed E-state index contributed by atoms with van der Waals surface area (Å²) in [5.41, 5.74) is 3.56. The lowest BCUT2D eigenvalue weighted by Gasteiger charge is -2.36. The molecule has 0 unspecified atom stereocenters. The van der Waals surface area contributed by atoms with E-state index in [-0.39, 0.29) is 11.8 Å². The van der Waals surface area contributed by atoms with Crippen LogP contribution >= 0.6 is 0 Å². The molecule has 0 heterocycles. The Balaban J connectivity index is 1.93. The largest absolute Gasteiger partial charge is 0.343 e. The highest BCUT2D eigenvalue weighted by Gasteiger charge is 2.35. The predicted molar refractivity (Wildman–Crippen MR) is 116 cm³/mol. The highest BCUT2D eigenvalue weighted by atomic mass is 16.8. The van der Waals surface area contributed by atoms with Gasteiger partial charge in [-0.05, 0) is 29.5 Å². The summed E-state index contributed by atoms with van der Waals surface area (Å²) < 4.78 is 4.70. The summed E-state index contributed by atoms with van der Waals surface area (Å²) in [6, 6.07) is 32.0. The van der Waals surface area contributed by atoms with Gasteiger partial charge in [-0.1, -0.05) is 104 Å². The normalized spacial score (nSPS) is 12.1. The van der Waals surface area contributed by atoms with Crippen molar-refractivity contribution in [2.45, 2.75) is 43.5 Å². The first-order chi connectivity index (χ1) is 14.1. The molecule has 3 heteroatoms. The number of rotatable bonds is 10. The van der Waals surface area contributed by atoms with E-state index in [2.05, 4.69) is 91.0 Å². The average molecular weight is 391 g/mol. The van der Waals surface area contributed by atoms with Crippen molar-refractivity contribution in [3.8, 4) is 0 Å². The predicted octanol–water partition coefficient (Wildman–Crippen LogP) is 5.26. The SMILES string of the molecule is COC(O)(O)CCCCCC(c1ccccc1)(c1ccccc1)c1ccccc1. The third-order valence-corrected chi connectivity index (χ3v) is 5.68. The molecule has 0 aromatic heterocycles. The summed E-state index contributed by atoms with van der Waals surface area (Å²) in [6.07, 6.45) is 3.68. The van der Waals surface area contributed by atoms with E-state index in [1.54, 1.807) is 0 Å². The van der Waals surface area contributed by atoms with Gasteiger partial charge in [0.25, 0.3) is 5.97 Å². The fourth-order valence-electron chi connectivity index (χ4n) is 4.13. The van der Waals surface area contributed by atoms with Gasteiger partial charge in [0, 0.05) is 18.9 Å². The lowest BCUT2D eigenvalue weighted by molar-refractivity contribution is -0.329.